The molecule has 26 heavy (non-hydrogen) atoms. The molecule has 2 aromatic carbocycles. The van der Waals surface area contributed by atoms with E-state index in [2.05, 4.69) is 16.0 Å². The minimum atomic E-state index is -3.45. The lowest BCUT2D eigenvalue weighted by molar-refractivity contribution is -0.0496. The molecule has 8 heteroatoms. The minimum absolute atomic E-state index is 0.000347. The van der Waals surface area contributed by atoms with E-state index in [9.17, 15) is 17.2 Å². The normalized spacial score (nSPS) is 15.6. The molecule has 0 saturated carbocycles. The van der Waals surface area contributed by atoms with Crippen molar-refractivity contribution in [3.8, 4) is 22.6 Å². The summed E-state index contributed by atoms with van der Waals surface area (Å²) in [5.41, 5.74) is 2.08. The van der Waals surface area contributed by atoms with Crippen LogP contribution in [0.1, 0.15) is 18.1 Å². The van der Waals surface area contributed by atoms with Crippen LogP contribution in [-0.4, -0.2) is 21.3 Å². The number of ether oxygens (including phenoxy) is 2. The monoisotopic (exact) mass is 381 g/mol. The van der Waals surface area contributed by atoms with E-state index in [-0.39, 0.29) is 5.75 Å². The van der Waals surface area contributed by atoms with Crippen molar-refractivity contribution in [2.75, 3.05) is 11.0 Å². The number of benzene rings is 2. The largest absolute Gasteiger partial charge is 0.485 e. The number of fused-ring (bicyclic) bond motifs is 3. The summed E-state index contributed by atoms with van der Waals surface area (Å²) in [6, 6.07) is 9.56. The van der Waals surface area contributed by atoms with Crippen LogP contribution in [0.5, 0.6) is 11.5 Å². The highest BCUT2D eigenvalue weighted by Crippen LogP contribution is 2.49. The van der Waals surface area contributed by atoms with Gasteiger partial charge < -0.3 is 9.47 Å². The lowest BCUT2D eigenvalue weighted by Gasteiger charge is -2.30. The zero-order valence-corrected chi connectivity index (χ0v) is 14.7. The molecule has 1 aliphatic rings. The first-order chi connectivity index (χ1) is 12.3. The van der Waals surface area contributed by atoms with Crippen LogP contribution in [0.2, 0.25) is 0 Å². The summed E-state index contributed by atoms with van der Waals surface area (Å²) in [5.74, 6) is 0.422. The molecule has 0 bridgehead atoms. The molecule has 138 valence electrons. The highest BCUT2D eigenvalue weighted by Gasteiger charge is 2.29. The van der Waals surface area contributed by atoms with Crippen LogP contribution >= 0.6 is 0 Å². The molecular formula is C18H17F2NO4S. The van der Waals surface area contributed by atoms with Gasteiger partial charge in [-0.3, -0.25) is 4.72 Å². The quantitative estimate of drug-likeness (QED) is 0.756. The van der Waals surface area contributed by atoms with Crippen molar-refractivity contribution >= 4 is 15.7 Å². The summed E-state index contributed by atoms with van der Waals surface area (Å²) in [4.78, 5) is 0. The van der Waals surface area contributed by atoms with E-state index in [1.165, 1.54) is 6.07 Å². The average Bonchev–Trinajstić information content (AvgIpc) is 2.53. The van der Waals surface area contributed by atoms with Crippen LogP contribution in [0, 0.1) is 0 Å². The number of halogens is 2. The Kier molecular flexibility index (Phi) is 4.86. The summed E-state index contributed by atoms with van der Waals surface area (Å²) >= 11 is 0. The molecule has 1 N–H and O–H groups in total. The summed E-state index contributed by atoms with van der Waals surface area (Å²) in [6.45, 7) is 0.737. The second-order valence-electron chi connectivity index (χ2n) is 5.81. The summed E-state index contributed by atoms with van der Waals surface area (Å²) in [6.07, 6.45) is 2.77. The molecule has 0 aromatic heterocycles. The number of hydrogen-bond acceptors (Lipinski definition) is 4. The van der Waals surface area contributed by atoms with Gasteiger partial charge in [0.25, 0.3) is 0 Å². The van der Waals surface area contributed by atoms with Crippen molar-refractivity contribution < 1.29 is 26.7 Å². The van der Waals surface area contributed by atoms with E-state index in [1.54, 1.807) is 36.4 Å². The first-order valence-electron chi connectivity index (χ1n) is 7.76. The zero-order valence-electron chi connectivity index (χ0n) is 13.9. The van der Waals surface area contributed by atoms with E-state index >= 15 is 0 Å². The third kappa shape index (κ3) is 3.80. The van der Waals surface area contributed by atoms with Crippen molar-refractivity contribution in [1.82, 2.24) is 0 Å². The Morgan fingerprint density at radius 1 is 1.35 bits per heavy atom. The standard InChI is InChI=1S/C18H17F2NO4S/c1-3-5-14-13-10-11(21-26(2,22)23)8-9-12(13)17-15(24-14)6-4-7-16(17)25-18(19)20/h3-4,6-10,14,18,21H,1,5H2,2H3. The number of hydrogen-bond donors (Lipinski definition) is 1. The van der Waals surface area contributed by atoms with E-state index in [0.717, 1.165) is 6.26 Å². The van der Waals surface area contributed by atoms with E-state index in [1.807, 2.05) is 0 Å². The lowest BCUT2D eigenvalue weighted by Crippen LogP contribution is -2.16. The highest BCUT2D eigenvalue weighted by molar-refractivity contribution is 7.92. The van der Waals surface area contributed by atoms with Crippen LogP contribution in [0.3, 0.4) is 0 Å². The zero-order chi connectivity index (χ0) is 18.9. The Morgan fingerprint density at radius 2 is 2.12 bits per heavy atom. The molecule has 0 saturated heterocycles. The predicted octanol–water partition coefficient (Wildman–Crippen LogP) is 4.34. The molecule has 2 aromatic rings. The molecule has 0 aliphatic carbocycles. The second kappa shape index (κ2) is 6.95. The van der Waals surface area contributed by atoms with Gasteiger partial charge in [0.15, 0.2) is 0 Å². The van der Waals surface area contributed by atoms with E-state index < -0.39 is 22.7 Å². The molecule has 0 amide bonds. The van der Waals surface area contributed by atoms with Crippen molar-refractivity contribution in [1.29, 1.82) is 0 Å². The average molecular weight is 381 g/mol. The van der Waals surface area contributed by atoms with Gasteiger partial charge in [-0.2, -0.15) is 8.78 Å². The van der Waals surface area contributed by atoms with Crippen molar-refractivity contribution in [2.45, 2.75) is 19.1 Å². The summed E-state index contributed by atoms with van der Waals surface area (Å²) in [7, 11) is -3.45. The second-order valence-corrected chi connectivity index (χ2v) is 7.56. The predicted molar refractivity (Wildman–Crippen MR) is 95.2 cm³/mol. The number of anilines is 1. The maximum Gasteiger partial charge on any atom is 0.387 e. The van der Waals surface area contributed by atoms with Gasteiger partial charge in [0.1, 0.15) is 17.6 Å². The smallest absolute Gasteiger partial charge is 0.387 e. The van der Waals surface area contributed by atoms with Gasteiger partial charge in [0, 0.05) is 17.7 Å². The summed E-state index contributed by atoms with van der Waals surface area (Å²) < 4.78 is 61.5. The Hall–Kier alpha value is -2.61. The van der Waals surface area contributed by atoms with Gasteiger partial charge in [0.05, 0.1) is 11.8 Å². The van der Waals surface area contributed by atoms with E-state index in [0.29, 0.717) is 34.5 Å². The van der Waals surface area contributed by atoms with Crippen LogP contribution in [-0.2, 0) is 10.0 Å². The van der Waals surface area contributed by atoms with Gasteiger partial charge in [-0.25, -0.2) is 8.42 Å². The molecule has 0 spiro atoms. The number of alkyl halides is 2. The molecule has 3 rings (SSSR count). The number of rotatable bonds is 6. The maximum absolute atomic E-state index is 12.8. The fourth-order valence-electron chi connectivity index (χ4n) is 2.95. The number of nitrogens with one attached hydrogen (secondary N) is 1. The third-order valence-corrected chi connectivity index (χ3v) is 4.43. The van der Waals surface area contributed by atoms with Crippen molar-refractivity contribution in [3.63, 3.8) is 0 Å². The van der Waals surface area contributed by atoms with Crippen LogP contribution in [0.4, 0.5) is 14.5 Å². The first kappa shape index (κ1) is 18.2. The molecule has 1 heterocycles. The minimum Gasteiger partial charge on any atom is -0.485 e. The van der Waals surface area contributed by atoms with Crippen molar-refractivity contribution in [2.24, 2.45) is 0 Å². The topological polar surface area (TPSA) is 64.6 Å². The fourth-order valence-corrected chi connectivity index (χ4v) is 3.50. The van der Waals surface area contributed by atoms with Gasteiger partial charge in [-0.05, 0) is 29.8 Å². The van der Waals surface area contributed by atoms with Crippen molar-refractivity contribution in [3.05, 3.63) is 54.6 Å². The molecule has 0 fully saturated rings. The van der Waals surface area contributed by atoms with Crippen LogP contribution in [0.25, 0.3) is 11.1 Å². The first-order valence-corrected chi connectivity index (χ1v) is 9.65. The Morgan fingerprint density at radius 3 is 2.77 bits per heavy atom. The maximum atomic E-state index is 12.8. The molecular weight excluding hydrogens is 364 g/mol. The summed E-state index contributed by atoms with van der Waals surface area (Å²) in [5, 5.41) is 0. The van der Waals surface area contributed by atoms with Crippen LogP contribution in [0.15, 0.2) is 49.1 Å². The Balaban J connectivity index is 2.15. The molecule has 1 unspecified atom stereocenters. The fraction of sp³-hybridized carbons (Fsp3) is 0.222. The molecule has 0 radical (unpaired) electrons. The molecule has 5 nitrogen and oxygen atoms in total. The Labute approximate surface area is 150 Å². The Bertz CT molecular complexity index is 944. The van der Waals surface area contributed by atoms with Gasteiger partial charge in [-0.15, -0.1) is 6.58 Å². The SMILES string of the molecule is C=CCC1Oc2cccc(OC(F)F)c2-c2ccc(NS(C)(=O)=O)cc21. The molecule has 1 aliphatic heterocycles. The van der Waals surface area contributed by atoms with E-state index in [4.69, 9.17) is 4.74 Å². The van der Waals surface area contributed by atoms with Gasteiger partial charge >= 0.3 is 6.61 Å². The van der Waals surface area contributed by atoms with Crippen LogP contribution < -0.4 is 14.2 Å². The van der Waals surface area contributed by atoms with Gasteiger partial charge in [0.2, 0.25) is 10.0 Å². The lowest BCUT2D eigenvalue weighted by atomic mass is 9.90. The number of sulfonamides is 1. The van der Waals surface area contributed by atoms with Gasteiger partial charge in [-0.1, -0.05) is 18.2 Å². The third-order valence-electron chi connectivity index (χ3n) is 3.83. The molecule has 1 atom stereocenters. The highest BCUT2D eigenvalue weighted by atomic mass is 32.2.